The molecule has 0 aromatic heterocycles. The summed E-state index contributed by atoms with van der Waals surface area (Å²) in [5.41, 5.74) is -0.808. The first kappa shape index (κ1) is 23.8. The number of morpholine rings is 1. The van der Waals surface area contributed by atoms with Crippen LogP contribution in [0.4, 0.5) is 14.9 Å². The summed E-state index contributed by atoms with van der Waals surface area (Å²) in [6.45, 7) is 8.46. The molecular formula is C19H25ClFN3O6. The van der Waals surface area contributed by atoms with E-state index in [1.165, 1.54) is 4.90 Å². The largest absolute Gasteiger partial charge is 0.444 e. The monoisotopic (exact) mass is 445 g/mol. The van der Waals surface area contributed by atoms with Gasteiger partial charge >= 0.3 is 6.09 Å². The van der Waals surface area contributed by atoms with E-state index in [4.69, 9.17) is 21.1 Å². The molecule has 0 spiro atoms. The SMILES string of the molecule is CC(C)(C)OC(=O)N1CCOCC1.CN1CCc2c(cc([N+](=O)[O-])c(Cl)c2F)C1=O. The second kappa shape index (κ2) is 9.57. The fourth-order valence-corrected chi connectivity index (χ4v) is 3.12. The Balaban J connectivity index is 0.000000222. The third kappa shape index (κ3) is 5.79. The summed E-state index contributed by atoms with van der Waals surface area (Å²) in [4.78, 5) is 36.2. The lowest BCUT2D eigenvalue weighted by atomic mass is 9.98. The van der Waals surface area contributed by atoms with Gasteiger partial charge in [0.25, 0.3) is 11.6 Å². The first-order valence-electron chi connectivity index (χ1n) is 9.38. The summed E-state index contributed by atoms with van der Waals surface area (Å²) in [6.07, 6.45) is 0.0667. The van der Waals surface area contributed by atoms with Crippen molar-refractivity contribution in [2.24, 2.45) is 0 Å². The fourth-order valence-electron chi connectivity index (χ4n) is 2.88. The van der Waals surface area contributed by atoms with Crippen molar-refractivity contribution in [1.82, 2.24) is 9.80 Å². The molecule has 166 valence electrons. The van der Waals surface area contributed by atoms with Gasteiger partial charge in [0.1, 0.15) is 5.60 Å². The molecule has 9 nitrogen and oxygen atoms in total. The minimum absolute atomic E-state index is 0.0207. The highest BCUT2D eigenvalue weighted by Gasteiger charge is 2.30. The number of nitro groups is 1. The van der Waals surface area contributed by atoms with E-state index in [-0.39, 0.29) is 17.2 Å². The van der Waals surface area contributed by atoms with Gasteiger partial charge in [-0.1, -0.05) is 11.6 Å². The van der Waals surface area contributed by atoms with Crippen molar-refractivity contribution in [1.29, 1.82) is 0 Å². The molecule has 0 bridgehead atoms. The fraction of sp³-hybridized carbons (Fsp3) is 0.579. The van der Waals surface area contributed by atoms with Crippen LogP contribution in [0.1, 0.15) is 36.7 Å². The Morgan fingerprint density at radius 3 is 2.43 bits per heavy atom. The lowest BCUT2D eigenvalue weighted by molar-refractivity contribution is -0.384. The van der Waals surface area contributed by atoms with Crippen molar-refractivity contribution >= 4 is 29.3 Å². The molecule has 30 heavy (non-hydrogen) atoms. The topological polar surface area (TPSA) is 102 Å². The molecule has 0 N–H and O–H groups in total. The van der Waals surface area contributed by atoms with Crippen molar-refractivity contribution in [3.63, 3.8) is 0 Å². The highest BCUT2D eigenvalue weighted by Crippen LogP contribution is 2.34. The minimum atomic E-state index is -0.864. The van der Waals surface area contributed by atoms with E-state index in [2.05, 4.69) is 0 Å². The molecule has 0 atom stereocenters. The number of benzene rings is 1. The molecule has 1 saturated heterocycles. The van der Waals surface area contributed by atoms with Crippen LogP contribution >= 0.6 is 11.6 Å². The highest BCUT2D eigenvalue weighted by molar-refractivity contribution is 6.33. The summed E-state index contributed by atoms with van der Waals surface area (Å²) in [5, 5.41) is 10.1. The summed E-state index contributed by atoms with van der Waals surface area (Å²) < 4.78 is 24.1. The lowest BCUT2D eigenvalue weighted by Gasteiger charge is -2.29. The van der Waals surface area contributed by atoms with Gasteiger partial charge < -0.3 is 19.3 Å². The van der Waals surface area contributed by atoms with Gasteiger partial charge in [0.2, 0.25) is 0 Å². The van der Waals surface area contributed by atoms with Crippen LogP contribution in [0.15, 0.2) is 6.07 Å². The van der Waals surface area contributed by atoms with Gasteiger partial charge in [-0.25, -0.2) is 9.18 Å². The van der Waals surface area contributed by atoms with Crippen LogP contribution in [0, 0.1) is 15.9 Å². The van der Waals surface area contributed by atoms with Crippen molar-refractivity contribution in [2.75, 3.05) is 39.9 Å². The maximum atomic E-state index is 13.8. The molecule has 2 aliphatic rings. The van der Waals surface area contributed by atoms with Crippen molar-refractivity contribution < 1.29 is 28.4 Å². The van der Waals surface area contributed by atoms with E-state index in [1.807, 2.05) is 20.8 Å². The van der Waals surface area contributed by atoms with E-state index in [9.17, 15) is 24.1 Å². The Kier molecular flexibility index (Phi) is 7.59. The molecule has 1 aromatic carbocycles. The standard InChI is InChI=1S/C10H8ClFN2O3.C9H17NO3/c1-13-3-2-5-6(10(13)15)4-7(14(16)17)8(11)9(5)12;1-9(2,3)13-8(11)10-4-6-12-7-5-10/h4H,2-3H2,1H3;4-7H2,1-3H3. The summed E-state index contributed by atoms with van der Waals surface area (Å²) >= 11 is 5.57. The Morgan fingerprint density at radius 2 is 1.90 bits per heavy atom. The number of nitro benzene ring substituents is 1. The molecule has 0 unspecified atom stereocenters. The molecule has 11 heteroatoms. The third-order valence-corrected chi connectivity index (χ3v) is 4.78. The van der Waals surface area contributed by atoms with Gasteiger partial charge in [-0.2, -0.15) is 0 Å². The van der Waals surface area contributed by atoms with E-state index in [1.54, 1.807) is 11.9 Å². The van der Waals surface area contributed by atoms with Crippen LogP contribution in [-0.4, -0.2) is 72.2 Å². The number of fused-ring (bicyclic) bond motifs is 1. The highest BCUT2D eigenvalue weighted by atomic mass is 35.5. The van der Waals surface area contributed by atoms with Crippen molar-refractivity contribution in [3.8, 4) is 0 Å². The van der Waals surface area contributed by atoms with Crippen LogP contribution in [-0.2, 0) is 15.9 Å². The van der Waals surface area contributed by atoms with Gasteiger partial charge in [0.15, 0.2) is 10.8 Å². The average Bonchev–Trinajstić information content (AvgIpc) is 2.67. The molecule has 2 amide bonds. The van der Waals surface area contributed by atoms with E-state index in [0.29, 0.717) is 39.3 Å². The molecule has 0 aliphatic carbocycles. The van der Waals surface area contributed by atoms with Crippen LogP contribution in [0.2, 0.25) is 5.02 Å². The number of hydrogen-bond donors (Lipinski definition) is 0. The molecule has 2 aliphatic heterocycles. The molecule has 1 aromatic rings. The smallest absolute Gasteiger partial charge is 0.410 e. The van der Waals surface area contributed by atoms with Gasteiger partial charge in [0, 0.05) is 38.3 Å². The third-order valence-electron chi connectivity index (χ3n) is 4.42. The van der Waals surface area contributed by atoms with Crippen LogP contribution in [0.3, 0.4) is 0 Å². The van der Waals surface area contributed by atoms with Gasteiger partial charge in [-0.15, -0.1) is 0 Å². The average molecular weight is 446 g/mol. The Morgan fingerprint density at radius 1 is 1.30 bits per heavy atom. The van der Waals surface area contributed by atoms with E-state index >= 15 is 0 Å². The van der Waals surface area contributed by atoms with Gasteiger partial charge in [-0.3, -0.25) is 14.9 Å². The number of likely N-dealkylation sites (N-methyl/N-ethyl adjacent to an activating group) is 1. The zero-order valence-electron chi connectivity index (χ0n) is 17.4. The molecule has 0 saturated carbocycles. The number of halogens is 2. The molecule has 2 heterocycles. The van der Waals surface area contributed by atoms with Gasteiger partial charge in [0.05, 0.1) is 23.7 Å². The predicted molar refractivity (Wildman–Crippen MR) is 107 cm³/mol. The first-order valence-corrected chi connectivity index (χ1v) is 9.76. The number of ether oxygens (including phenoxy) is 2. The summed E-state index contributed by atoms with van der Waals surface area (Å²) in [6, 6.07) is 1.04. The first-order chi connectivity index (χ1) is 13.9. The lowest BCUT2D eigenvalue weighted by Crippen LogP contribution is -2.43. The predicted octanol–water partition coefficient (Wildman–Crippen LogP) is 3.27. The molecule has 3 rings (SSSR count). The quantitative estimate of drug-likeness (QED) is 0.485. The minimum Gasteiger partial charge on any atom is -0.444 e. The Bertz CT molecular complexity index is 837. The zero-order valence-corrected chi connectivity index (χ0v) is 18.1. The van der Waals surface area contributed by atoms with E-state index in [0.717, 1.165) is 6.07 Å². The van der Waals surface area contributed by atoms with Crippen molar-refractivity contribution in [2.45, 2.75) is 32.8 Å². The normalized spacial score (nSPS) is 16.4. The van der Waals surface area contributed by atoms with Crippen molar-refractivity contribution in [3.05, 3.63) is 38.1 Å². The molecule has 1 fully saturated rings. The van der Waals surface area contributed by atoms with Gasteiger partial charge in [-0.05, 0) is 27.2 Å². The Hall–Kier alpha value is -2.46. The number of hydrogen-bond acceptors (Lipinski definition) is 6. The summed E-state index contributed by atoms with van der Waals surface area (Å²) in [5.74, 6) is -1.29. The maximum Gasteiger partial charge on any atom is 0.410 e. The van der Waals surface area contributed by atoms with Crippen LogP contribution < -0.4 is 0 Å². The summed E-state index contributed by atoms with van der Waals surface area (Å²) in [7, 11) is 1.56. The zero-order chi connectivity index (χ0) is 22.6. The Labute approximate surface area is 178 Å². The second-order valence-electron chi connectivity index (χ2n) is 7.86. The number of nitrogens with zero attached hydrogens (tertiary/aromatic N) is 3. The number of rotatable bonds is 1. The van der Waals surface area contributed by atoms with E-state index < -0.39 is 33.0 Å². The van der Waals surface area contributed by atoms with Crippen LogP contribution in [0.5, 0.6) is 0 Å². The van der Waals surface area contributed by atoms with Crippen LogP contribution in [0.25, 0.3) is 0 Å². The molecular weight excluding hydrogens is 421 g/mol. The number of amides is 2. The number of carbonyl (C=O) groups is 2. The second-order valence-corrected chi connectivity index (χ2v) is 8.24. The number of carbonyl (C=O) groups excluding carboxylic acids is 2. The maximum absolute atomic E-state index is 13.8. The molecule has 0 radical (unpaired) electrons.